The normalized spacial score (nSPS) is 25.3. The minimum atomic E-state index is -0.496. The Labute approximate surface area is 209 Å². The first-order chi connectivity index (χ1) is 17.1. The van der Waals surface area contributed by atoms with Crippen LogP contribution in [0.4, 0.5) is 0 Å². The molecule has 1 amide bonds. The summed E-state index contributed by atoms with van der Waals surface area (Å²) in [7, 11) is 3.25. The smallest absolute Gasteiger partial charge is 0.328 e. The first-order valence-corrected chi connectivity index (χ1v) is 13.5. The SMILES string of the molecule is COc1cc2cc(OC)c1OCCCCCCOC(=O)[C@@H]1CCCCN1C(=O)[C@H]2C1CCCCC1. The number of rotatable bonds is 3. The van der Waals surface area contributed by atoms with E-state index in [0.29, 0.717) is 43.4 Å². The number of hydrogen-bond acceptors (Lipinski definition) is 6. The van der Waals surface area contributed by atoms with Crippen molar-refractivity contribution in [3.8, 4) is 17.2 Å². The minimum Gasteiger partial charge on any atom is -0.493 e. The van der Waals surface area contributed by atoms with Gasteiger partial charge in [-0.05, 0) is 81.4 Å². The Balaban J connectivity index is 1.76. The number of amides is 1. The van der Waals surface area contributed by atoms with Crippen LogP contribution in [-0.4, -0.2) is 56.8 Å². The number of benzene rings is 1. The summed E-state index contributed by atoms with van der Waals surface area (Å²) in [6.45, 7) is 1.55. The lowest BCUT2D eigenvalue weighted by atomic mass is 9.75. The van der Waals surface area contributed by atoms with E-state index in [4.69, 9.17) is 18.9 Å². The molecule has 7 heteroatoms. The Bertz CT molecular complexity index is 840. The van der Waals surface area contributed by atoms with Crippen molar-refractivity contribution < 1.29 is 28.5 Å². The van der Waals surface area contributed by atoms with E-state index in [1.165, 1.54) is 6.42 Å². The van der Waals surface area contributed by atoms with Gasteiger partial charge in [0.25, 0.3) is 0 Å². The molecule has 0 N–H and O–H groups in total. The zero-order valence-electron chi connectivity index (χ0n) is 21.4. The van der Waals surface area contributed by atoms with E-state index in [1.54, 1.807) is 14.2 Å². The van der Waals surface area contributed by atoms with Gasteiger partial charge in [-0.1, -0.05) is 19.3 Å². The van der Waals surface area contributed by atoms with Crippen LogP contribution in [-0.2, 0) is 14.3 Å². The summed E-state index contributed by atoms with van der Waals surface area (Å²) in [5.41, 5.74) is 0.880. The topological polar surface area (TPSA) is 74.3 Å². The molecule has 0 spiro atoms. The maximum absolute atomic E-state index is 14.3. The minimum absolute atomic E-state index is 0.0284. The number of nitrogens with zero attached hydrogens (tertiary/aromatic N) is 1. The van der Waals surface area contributed by atoms with Gasteiger partial charge in [-0.15, -0.1) is 0 Å². The van der Waals surface area contributed by atoms with Gasteiger partial charge in [0.15, 0.2) is 11.5 Å². The average molecular weight is 488 g/mol. The highest BCUT2D eigenvalue weighted by Crippen LogP contribution is 2.45. The second-order valence-corrected chi connectivity index (χ2v) is 10.1. The number of ether oxygens (including phenoxy) is 4. The van der Waals surface area contributed by atoms with Crippen LogP contribution < -0.4 is 14.2 Å². The van der Waals surface area contributed by atoms with Crippen LogP contribution in [0.3, 0.4) is 0 Å². The fraction of sp³-hybridized carbons (Fsp3) is 0.714. The average Bonchev–Trinajstić information content (AvgIpc) is 2.90. The fourth-order valence-electron chi connectivity index (χ4n) is 5.93. The maximum atomic E-state index is 14.3. The molecule has 0 unspecified atom stereocenters. The molecule has 0 radical (unpaired) electrons. The van der Waals surface area contributed by atoms with E-state index in [2.05, 4.69) is 0 Å². The van der Waals surface area contributed by atoms with Crippen molar-refractivity contribution in [1.29, 1.82) is 0 Å². The van der Waals surface area contributed by atoms with Crippen molar-refractivity contribution in [1.82, 2.24) is 4.90 Å². The first-order valence-electron chi connectivity index (χ1n) is 13.5. The van der Waals surface area contributed by atoms with Crippen molar-refractivity contribution in [2.24, 2.45) is 5.92 Å². The molecule has 1 saturated heterocycles. The molecule has 0 aromatic heterocycles. The van der Waals surface area contributed by atoms with Gasteiger partial charge in [0.05, 0.1) is 33.4 Å². The Morgan fingerprint density at radius 1 is 0.771 bits per heavy atom. The highest BCUT2D eigenvalue weighted by molar-refractivity contribution is 5.89. The lowest BCUT2D eigenvalue weighted by molar-refractivity contribution is -0.158. The molecule has 1 aromatic carbocycles. The Morgan fingerprint density at radius 2 is 1.37 bits per heavy atom. The van der Waals surface area contributed by atoms with E-state index in [0.717, 1.165) is 69.8 Å². The monoisotopic (exact) mass is 487 g/mol. The number of methoxy groups -OCH3 is 2. The van der Waals surface area contributed by atoms with Gasteiger partial charge in [-0.25, -0.2) is 4.79 Å². The van der Waals surface area contributed by atoms with Gasteiger partial charge in [-0.3, -0.25) is 4.79 Å². The summed E-state index contributed by atoms with van der Waals surface area (Å²) in [4.78, 5) is 29.2. The standard InChI is InChI=1S/C28H41NO6/c1-32-23-18-21-19-24(33-2)26(23)34-16-10-3-4-11-17-35-28(31)22-14-8-9-15-29(22)27(30)25(21)20-12-6-5-7-13-20/h18-20,22,25H,3-17H2,1-2H3/t22-,25-/m0/s1. The third kappa shape index (κ3) is 6.04. The molecule has 1 aliphatic carbocycles. The van der Waals surface area contributed by atoms with E-state index >= 15 is 0 Å². The Morgan fingerprint density at radius 3 is 2.03 bits per heavy atom. The van der Waals surface area contributed by atoms with Crippen molar-refractivity contribution in [2.75, 3.05) is 34.0 Å². The predicted molar refractivity (Wildman–Crippen MR) is 133 cm³/mol. The summed E-state index contributed by atoms with van der Waals surface area (Å²) < 4.78 is 23.2. The summed E-state index contributed by atoms with van der Waals surface area (Å²) in [5, 5.41) is 0. The zero-order chi connectivity index (χ0) is 24.6. The molecule has 3 heterocycles. The van der Waals surface area contributed by atoms with E-state index in [-0.39, 0.29) is 23.7 Å². The van der Waals surface area contributed by atoms with Crippen LogP contribution in [0.5, 0.6) is 17.2 Å². The third-order valence-electron chi connectivity index (χ3n) is 7.82. The highest BCUT2D eigenvalue weighted by atomic mass is 16.5. The molecule has 35 heavy (non-hydrogen) atoms. The van der Waals surface area contributed by atoms with Crippen molar-refractivity contribution in [3.05, 3.63) is 17.7 Å². The predicted octanol–water partition coefficient (Wildman–Crippen LogP) is 5.24. The van der Waals surface area contributed by atoms with E-state index < -0.39 is 6.04 Å². The molecular formula is C28H41NO6. The summed E-state index contributed by atoms with van der Waals surface area (Å²) in [6, 6.07) is 3.40. The quantitative estimate of drug-likeness (QED) is 0.543. The number of carbonyl (C=O) groups is 2. The Kier molecular flexibility index (Phi) is 9.16. The highest BCUT2D eigenvalue weighted by Gasteiger charge is 2.40. The van der Waals surface area contributed by atoms with Gasteiger partial charge >= 0.3 is 5.97 Å². The number of piperidine rings is 1. The molecular weight excluding hydrogens is 446 g/mol. The van der Waals surface area contributed by atoms with Gasteiger partial charge in [0, 0.05) is 6.54 Å². The van der Waals surface area contributed by atoms with Crippen molar-refractivity contribution >= 4 is 11.9 Å². The number of carbonyl (C=O) groups excluding carboxylic acids is 2. The molecule has 2 bridgehead atoms. The second kappa shape index (κ2) is 12.5. The number of hydrogen-bond donors (Lipinski definition) is 0. The van der Waals surface area contributed by atoms with Gasteiger partial charge in [0.1, 0.15) is 6.04 Å². The van der Waals surface area contributed by atoms with Crippen LogP contribution in [0.2, 0.25) is 0 Å². The molecule has 4 aliphatic rings. The van der Waals surface area contributed by atoms with Crippen LogP contribution in [0.25, 0.3) is 0 Å². The molecule has 1 aromatic rings. The van der Waals surface area contributed by atoms with E-state index in [9.17, 15) is 9.59 Å². The van der Waals surface area contributed by atoms with Crippen LogP contribution in [0.1, 0.15) is 88.5 Å². The summed E-state index contributed by atoms with van der Waals surface area (Å²) in [6.07, 6.45) is 11.6. The van der Waals surface area contributed by atoms with Gasteiger partial charge in [-0.2, -0.15) is 0 Å². The summed E-state index contributed by atoms with van der Waals surface area (Å²) in [5.74, 6) is 1.42. The molecule has 5 rings (SSSR count). The largest absolute Gasteiger partial charge is 0.493 e. The van der Waals surface area contributed by atoms with Crippen LogP contribution in [0, 0.1) is 5.92 Å². The van der Waals surface area contributed by atoms with Crippen LogP contribution in [0.15, 0.2) is 12.1 Å². The van der Waals surface area contributed by atoms with Crippen LogP contribution >= 0.6 is 0 Å². The zero-order valence-corrected chi connectivity index (χ0v) is 21.4. The second-order valence-electron chi connectivity index (χ2n) is 10.1. The molecule has 3 aliphatic heterocycles. The lowest BCUT2D eigenvalue weighted by Gasteiger charge is -2.39. The fourth-order valence-corrected chi connectivity index (χ4v) is 5.93. The maximum Gasteiger partial charge on any atom is 0.328 e. The number of fused-ring (bicyclic) bond motifs is 11. The van der Waals surface area contributed by atoms with E-state index in [1.807, 2.05) is 17.0 Å². The molecule has 1 saturated carbocycles. The molecule has 2 atom stereocenters. The summed E-state index contributed by atoms with van der Waals surface area (Å²) >= 11 is 0. The van der Waals surface area contributed by atoms with Gasteiger partial charge < -0.3 is 23.8 Å². The van der Waals surface area contributed by atoms with Crippen molar-refractivity contribution in [3.63, 3.8) is 0 Å². The molecule has 194 valence electrons. The Hall–Kier alpha value is -2.44. The van der Waals surface area contributed by atoms with Gasteiger partial charge in [0.2, 0.25) is 11.7 Å². The lowest BCUT2D eigenvalue weighted by Crippen LogP contribution is -2.51. The molecule has 2 fully saturated rings. The molecule has 7 nitrogen and oxygen atoms in total. The first kappa shape index (κ1) is 25.6. The number of esters is 1. The third-order valence-corrected chi connectivity index (χ3v) is 7.82. The van der Waals surface area contributed by atoms with Crippen molar-refractivity contribution in [2.45, 2.75) is 89.0 Å².